The van der Waals surface area contributed by atoms with Crippen molar-refractivity contribution in [2.45, 2.75) is 169 Å². The molecule has 12 aromatic rings. The maximum atomic E-state index is 15.0. The zero-order valence-corrected chi connectivity index (χ0v) is 76.9. The van der Waals surface area contributed by atoms with Crippen molar-refractivity contribution in [3.05, 3.63) is 243 Å². The molecule has 3 saturated heterocycles. The first-order valence-corrected chi connectivity index (χ1v) is 44.5. The second kappa shape index (κ2) is 38.1. The van der Waals surface area contributed by atoms with Gasteiger partial charge in [-0.05, 0) is 217 Å². The number of aryl methyl sites for hydroxylation is 3. The number of piperazine rings is 3. The van der Waals surface area contributed by atoms with E-state index in [0.29, 0.717) is 140 Å². The lowest BCUT2D eigenvalue weighted by Crippen LogP contribution is -2.55. The molecule has 18 rings (SSSR count). The van der Waals surface area contributed by atoms with Crippen LogP contribution in [-0.2, 0) is 14.3 Å². The number of carbonyl (C=O) groups excluding carboxylic acids is 3. The molecular formula is C94H97BCl4F3N18O10. The van der Waals surface area contributed by atoms with Gasteiger partial charge in [-0.25, -0.2) is 65.8 Å². The van der Waals surface area contributed by atoms with Gasteiger partial charge in [0.1, 0.15) is 51.2 Å². The fourth-order valence-corrected chi connectivity index (χ4v) is 17.3. The van der Waals surface area contributed by atoms with Gasteiger partial charge in [-0.1, -0.05) is 89.4 Å². The largest absolute Gasteiger partial charge is 0.569 e. The quantitative estimate of drug-likeness (QED) is 0.0601. The first kappa shape index (κ1) is 92.6. The molecule has 9 aromatic heterocycles. The summed E-state index contributed by atoms with van der Waals surface area (Å²) in [6, 6.07) is 28.6. The highest BCUT2D eigenvalue weighted by Crippen LogP contribution is 2.47. The number of hydrogen-bond donors (Lipinski definition) is 1. The first-order valence-electron chi connectivity index (χ1n) is 43.0. The fourth-order valence-electron chi connectivity index (χ4n) is 16.5. The lowest BCUT2D eigenvalue weighted by atomic mass is 10.1. The Labute approximate surface area is 769 Å². The monoisotopic (exact) mass is 1850 g/mol. The van der Waals surface area contributed by atoms with Gasteiger partial charge in [-0.2, -0.15) is 15.0 Å². The van der Waals surface area contributed by atoms with Crippen molar-refractivity contribution in [3.8, 4) is 45.3 Å². The van der Waals surface area contributed by atoms with Gasteiger partial charge in [0.15, 0.2) is 22.8 Å². The number of aromatic nitrogens is 12. The second-order valence-electron chi connectivity index (χ2n) is 35.2. The maximum absolute atomic E-state index is 15.0. The summed E-state index contributed by atoms with van der Waals surface area (Å²) in [7, 11) is 0.443. The summed E-state index contributed by atoms with van der Waals surface area (Å²) >= 11 is 26.3. The number of carbonyl (C=O) groups is 3. The predicted octanol–water partition coefficient (Wildman–Crippen LogP) is 17.2. The standard InChI is InChI=1S/C32H34ClFN6O3.C30H28ClFN6O2.C26H30Cl2N6O3.C6H5BFO2/c1-18-12-13-35-25(20-10-11-20)27(18)40-29-22(16-23(33)26(36-29)21-8-6-7-9-24(21)34)28(37-30(40)41)39-15-14-38(17-19(39)2)31(42)43-32(3,4)5;1-4-24(39)36-13-14-37(18(3)16-36)28-21-15-22(31)26(20-7-5-6-8-23(20)32)34-29(21)38(30(40)35-28)27-17(2)11-12-33-25(27)19-9-10-19;1-14-8-9-29-19(16-6-7-16)20(14)34-23-17(12-18(27)21(28)30-23)22(31-24(34)35)33-11-10-32(13-15(33)2)25(36)37-26(3,4)5;8-5-3-1-2-4-6(5)10-7-9/h6-9,12-13,16,19-20H,10-11,14-15,17H2,1-5H3;4-8,11-12,15,18-19H,1,9-10,13-14,16H2,2-3H3;8-9,12,15-16H,6-7,10-11,13H2,1-5H3;1-4,9H/t19-;18-;15-;/m000./s1. The number of fused-ring (bicyclic) bond motifs is 3. The zero-order chi connectivity index (χ0) is 92.8. The Morgan fingerprint density at radius 1 is 0.462 bits per heavy atom. The van der Waals surface area contributed by atoms with Crippen molar-refractivity contribution in [3.63, 3.8) is 0 Å². The number of hydrogen-bond acceptors (Lipinski definition) is 22. The van der Waals surface area contributed by atoms with Crippen LogP contribution in [0.4, 0.5) is 40.2 Å². The highest BCUT2D eigenvalue weighted by atomic mass is 35.5. The molecule has 3 aliphatic carbocycles. The number of para-hydroxylation sites is 1. The molecule has 12 heterocycles. The van der Waals surface area contributed by atoms with Crippen LogP contribution < -0.4 is 36.4 Å². The van der Waals surface area contributed by atoms with E-state index in [1.807, 2.05) is 116 Å². The molecule has 3 atom stereocenters. The Kier molecular flexibility index (Phi) is 27.2. The van der Waals surface area contributed by atoms with E-state index in [2.05, 4.69) is 46.1 Å². The fraction of sp³-hybridized carbons (Fsp3) is 0.372. The summed E-state index contributed by atoms with van der Waals surface area (Å²) in [4.78, 5) is 132. The van der Waals surface area contributed by atoms with E-state index in [-0.39, 0.29) is 96.5 Å². The van der Waals surface area contributed by atoms with Gasteiger partial charge < -0.3 is 48.6 Å². The molecule has 3 aromatic carbocycles. The molecule has 0 spiro atoms. The number of ether oxygens (including phenoxy) is 2. The molecule has 36 heteroatoms. The van der Waals surface area contributed by atoms with Crippen molar-refractivity contribution in [2.24, 2.45) is 0 Å². The second-order valence-corrected chi connectivity index (χ2v) is 36.7. The normalized spacial score (nSPS) is 17.0. The van der Waals surface area contributed by atoms with Gasteiger partial charge in [-0.3, -0.25) is 19.7 Å². The highest BCUT2D eigenvalue weighted by Gasteiger charge is 2.40. The summed E-state index contributed by atoms with van der Waals surface area (Å²) in [6.45, 7) is 30.2. The van der Waals surface area contributed by atoms with Crippen LogP contribution in [-0.4, -0.2) is 192 Å². The minimum absolute atomic E-state index is 0.0185. The van der Waals surface area contributed by atoms with Gasteiger partial charge in [0.25, 0.3) is 0 Å². The van der Waals surface area contributed by atoms with Crippen LogP contribution in [0.25, 0.3) is 72.7 Å². The van der Waals surface area contributed by atoms with E-state index in [4.69, 9.17) is 70.9 Å². The van der Waals surface area contributed by atoms with Crippen molar-refractivity contribution in [1.29, 1.82) is 0 Å². The Morgan fingerprint density at radius 3 is 1.12 bits per heavy atom. The Balaban J connectivity index is 0.000000142. The average molecular weight is 1850 g/mol. The zero-order valence-electron chi connectivity index (χ0n) is 73.9. The van der Waals surface area contributed by atoms with Crippen LogP contribution in [0.3, 0.4) is 0 Å². The molecule has 3 aliphatic heterocycles. The van der Waals surface area contributed by atoms with Crippen LogP contribution in [0.1, 0.15) is 152 Å². The molecule has 0 bridgehead atoms. The third-order valence-electron chi connectivity index (χ3n) is 23.1. The van der Waals surface area contributed by atoms with Crippen molar-refractivity contribution >= 4 is 123 Å². The van der Waals surface area contributed by atoms with Crippen molar-refractivity contribution in [1.82, 2.24) is 73.3 Å². The lowest BCUT2D eigenvalue weighted by molar-refractivity contribution is -0.126. The Morgan fingerprint density at radius 2 is 0.792 bits per heavy atom. The van der Waals surface area contributed by atoms with Crippen LogP contribution >= 0.6 is 46.4 Å². The molecule has 675 valence electrons. The maximum Gasteiger partial charge on any atom is 0.569 e. The predicted molar refractivity (Wildman–Crippen MR) is 498 cm³/mol. The SMILES string of the molecule is C=CC(=O)N1CCN(c2nc(=O)n(-c3c(C)ccnc3C3CC3)c3nc(-c4ccccc4F)c(Cl)cc23)[C@@H](C)C1.Cc1ccnc(C2CC2)c1-n1c(=O)nc(N2CCN(C(=O)OC(C)(C)C)C[C@@H]2C)c2cc(Cl)c(-c3ccccc3F)nc21.Cc1ccnc(C2CC2)c1-n1c(=O)nc(N2CCN(C(=O)OC(C)(C)C)C[C@@H]2C)c2cc(Cl)c(Cl)nc21.O[B]Oc1ccccc1F. The van der Waals surface area contributed by atoms with E-state index >= 15 is 0 Å². The van der Waals surface area contributed by atoms with Crippen LogP contribution in [0.5, 0.6) is 5.75 Å². The molecule has 6 aliphatic rings. The third-order valence-corrected chi connectivity index (χ3v) is 24.4. The number of nitrogens with zero attached hydrogens (tertiary/aromatic N) is 18. The van der Waals surface area contributed by atoms with E-state index in [9.17, 15) is 41.9 Å². The van der Waals surface area contributed by atoms with Crippen LogP contribution in [0, 0.1) is 38.2 Å². The molecule has 3 amide bonds. The molecule has 28 nitrogen and oxygen atoms in total. The Hall–Kier alpha value is -12.1. The Bertz CT molecular complexity index is 6630. The smallest absolute Gasteiger partial charge is 0.535 e. The minimum atomic E-state index is -0.609. The van der Waals surface area contributed by atoms with Gasteiger partial charge in [-0.15, -0.1) is 0 Å². The molecule has 6 fully saturated rings. The molecule has 1 radical (unpaired) electrons. The van der Waals surface area contributed by atoms with Gasteiger partial charge in [0.2, 0.25) is 5.91 Å². The van der Waals surface area contributed by atoms with Crippen molar-refractivity contribution < 1.29 is 46.7 Å². The first-order chi connectivity index (χ1) is 62.0. The topological polar surface area (TPSA) is 301 Å². The molecule has 130 heavy (non-hydrogen) atoms. The van der Waals surface area contributed by atoms with E-state index in [1.54, 1.807) is 100 Å². The van der Waals surface area contributed by atoms with Gasteiger partial charge in [0, 0.05) is 124 Å². The van der Waals surface area contributed by atoms with E-state index in [0.717, 1.165) is 72.3 Å². The number of benzene rings is 3. The summed E-state index contributed by atoms with van der Waals surface area (Å²) in [5.41, 5.74) is 6.43. The highest BCUT2D eigenvalue weighted by molar-refractivity contribution is 6.42. The minimum Gasteiger partial charge on any atom is -0.535 e. The number of amides is 3. The third kappa shape index (κ3) is 19.8. The lowest BCUT2D eigenvalue weighted by Gasteiger charge is -2.41. The summed E-state index contributed by atoms with van der Waals surface area (Å²) in [5.74, 6) is 0.566. The van der Waals surface area contributed by atoms with E-state index in [1.165, 1.54) is 44.0 Å². The summed E-state index contributed by atoms with van der Waals surface area (Å²) < 4.78 is 62.5. The van der Waals surface area contributed by atoms with E-state index < -0.39 is 45.7 Å². The number of pyridine rings is 6. The number of halogens is 7. The summed E-state index contributed by atoms with van der Waals surface area (Å²) in [6.07, 6.45) is 11.9. The van der Waals surface area contributed by atoms with Gasteiger partial charge >= 0.3 is 36.9 Å². The van der Waals surface area contributed by atoms with Gasteiger partial charge in [0.05, 0.1) is 76.8 Å². The van der Waals surface area contributed by atoms with Crippen LogP contribution in [0.2, 0.25) is 20.2 Å². The average Bonchev–Trinajstić information content (AvgIpc) is 1.66. The van der Waals surface area contributed by atoms with Crippen molar-refractivity contribution in [2.75, 3.05) is 73.6 Å². The molecule has 1 N–H and O–H groups in total. The molecule has 3 saturated carbocycles. The number of rotatable bonds is 14. The molecular weight excluding hydrogens is 1750 g/mol. The summed E-state index contributed by atoms with van der Waals surface area (Å²) in [5, 5.41) is 10.7. The van der Waals surface area contributed by atoms with Crippen LogP contribution in [0.15, 0.2) is 155 Å². The molecule has 0 unspecified atom stereocenters. The number of anilines is 3.